The molecule has 0 bridgehead atoms. The second kappa shape index (κ2) is 13.8. The van der Waals surface area contributed by atoms with Crippen molar-refractivity contribution >= 4 is 29.5 Å². The molecule has 3 unspecified atom stereocenters. The molecule has 0 aromatic heterocycles. The minimum absolute atomic E-state index is 0.0448. The molecule has 0 saturated heterocycles. The highest BCUT2D eigenvalue weighted by Crippen LogP contribution is 2.12. The van der Waals surface area contributed by atoms with Crippen molar-refractivity contribution in [2.75, 3.05) is 18.6 Å². The quantitative estimate of drug-likeness (QED) is 0.223. The summed E-state index contributed by atoms with van der Waals surface area (Å²) in [4.78, 5) is 36.7. The van der Waals surface area contributed by atoms with Gasteiger partial charge in [-0.15, -0.1) is 0 Å². The Morgan fingerprint density at radius 2 is 1.67 bits per heavy atom. The molecule has 1 aromatic rings. The zero-order chi connectivity index (χ0) is 22.5. The Bertz CT molecular complexity index is 686. The summed E-state index contributed by atoms with van der Waals surface area (Å²) in [6.07, 6.45) is 4.19. The molecule has 9 nitrogen and oxygen atoms in total. The third kappa shape index (κ3) is 9.47. The first kappa shape index (κ1) is 25.7. The molecule has 168 valence electrons. The van der Waals surface area contributed by atoms with Crippen molar-refractivity contribution in [3.05, 3.63) is 29.8 Å². The standard InChI is InChI=1S/C20H32N4O5S/c1-30-11-9-16(23-18(26)15(22)4-2-3-10-21)19(27)24-17(20(28)29)12-13-5-7-14(25)8-6-13/h5-8,15-17,25H,2-4,9-12,21-22H2,1H3,(H,23,26)(H,24,27)(H,28,29). The van der Waals surface area contributed by atoms with Crippen LogP contribution in [0.1, 0.15) is 31.2 Å². The lowest BCUT2D eigenvalue weighted by Gasteiger charge is -2.23. The summed E-state index contributed by atoms with van der Waals surface area (Å²) in [5.41, 5.74) is 12.0. The summed E-state index contributed by atoms with van der Waals surface area (Å²) in [6.45, 7) is 0.519. The molecule has 8 N–H and O–H groups in total. The number of nitrogens with two attached hydrogens (primary N) is 2. The summed E-state index contributed by atoms with van der Waals surface area (Å²) in [5.74, 6) is -1.53. The number of thioether (sulfide) groups is 1. The Hall–Kier alpha value is -2.30. The van der Waals surface area contributed by atoms with Crippen LogP contribution in [0, 0.1) is 0 Å². The van der Waals surface area contributed by atoms with Crippen molar-refractivity contribution in [3.63, 3.8) is 0 Å². The number of hydrogen-bond donors (Lipinski definition) is 6. The number of aliphatic carboxylic acids is 1. The highest BCUT2D eigenvalue weighted by molar-refractivity contribution is 7.98. The molecule has 0 spiro atoms. The maximum Gasteiger partial charge on any atom is 0.326 e. The second-order valence-electron chi connectivity index (χ2n) is 7.00. The highest BCUT2D eigenvalue weighted by Gasteiger charge is 2.27. The zero-order valence-corrected chi connectivity index (χ0v) is 18.0. The molecule has 1 aromatic carbocycles. The summed E-state index contributed by atoms with van der Waals surface area (Å²) < 4.78 is 0. The third-order valence-corrected chi connectivity index (χ3v) is 5.18. The Balaban J connectivity index is 2.77. The average Bonchev–Trinajstić information content (AvgIpc) is 2.71. The first-order chi connectivity index (χ1) is 14.3. The molecular formula is C20H32N4O5S. The van der Waals surface area contributed by atoms with Gasteiger partial charge >= 0.3 is 5.97 Å². The van der Waals surface area contributed by atoms with Crippen LogP contribution in [0.25, 0.3) is 0 Å². The number of carbonyl (C=O) groups excluding carboxylic acids is 2. The summed E-state index contributed by atoms with van der Waals surface area (Å²) in [6, 6.07) is 3.26. The van der Waals surface area contributed by atoms with Gasteiger partial charge in [-0.3, -0.25) is 9.59 Å². The number of aromatic hydroxyl groups is 1. The molecule has 0 aliphatic carbocycles. The second-order valence-corrected chi connectivity index (χ2v) is 7.99. The van der Waals surface area contributed by atoms with E-state index in [-0.39, 0.29) is 12.2 Å². The molecule has 30 heavy (non-hydrogen) atoms. The fourth-order valence-corrected chi connectivity index (χ4v) is 3.23. The van der Waals surface area contributed by atoms with Crippen molar-refractivity contribution in [2.45, 2.75) is 50.2 Å². The van der Waals surface area contributed by atoms with Crippen molar-refractivity contribution in [1.82, 2.24) is 10.6 Å². The monoisotopic (exact) mass is 440 g/mol. The van der Waals surface area contributed by atoms with Gasteiger partial charge in [0.2, 0.25) is 11.8 Å². The van der Waals surface area contributed by atoms with Gasteiger partial charge in [-0.05, 0) is 55.5 Å². The average molecular weight is 441 g/mol. The number of carbonyl (C=O) groups is 3. The molecule has 0 aliphatic heterocycles. The first-order valence-corrected chi connectivity index (χ1v) is 11.2. The first-order valence-electron chi connectivity index (χ1n) is 9.84. The molecule has 0 aliphatic rings. The fraction of sp³-hybridized carbons (Fsp3) is 0.550. The smallest absolute Gasteiger partial charge is 0.326 e. The lowest BCUT2D eigenvalue weighted by Crippen LogP contribution is -2.55. The van der Waals surface area contributed by atoms with Crippen LogP contribution in [0.4, 0.5) is 0 Å². The molecule has 0 heterocycles. The van der Waals surface area contributed by atoms with E-state index in [1.807, 2.05) is 6.26 Å². The molecular weight excluding hydrogens is 408 g/mol. The Labute approximate surface area is 181 Å². The summed E-state index contributed by atoms with van der Waals surface area (Å²) in [7, 11) is 0. The number of nitrogens with one attached hydrogen (secondary N) is 2. The molecule has 2 amide bonds. The van der Waals surface area contributed by atoms with Crippen LogP contribution in [0.15, 0.2) is 24.3 Å². The Kier molecular flexibility index (Phi) is 11.9. The van der Waals surface area contributed by atoms with Crippen molar-refractivity contribution in [1.29, 1.82) is 0 Å². The van der Waals surface area contributed by atoms with Gasteiger partial charge in [0.05, 0.1) is 6.04 Å². The van der Waals surface area contributed by atoms with Crippen LogP contribution in [0.2, 0.25) is 0 Å². The Morgan fingerprint density at radius 3 is 2.23 bits per heavy atom. The van der Waals surface area contributed by atoms with Gasteiger partial charge in [-0.2, -0.15) is 11.8 Å². The molecule has 0 saturated carbocycles. The van der Waals surface area contributed by atoms with Gasteiger partial charge in [0.1, 0.15) is 17.8 Å². The van der Waals surface area contributed by atoms with E-state index in [2.05, 4.69) is 10.6 Å². The van der Waals surface area contributed by atoms with E-state index >= 15 is 0 Å². The number of hydrogen-bond acceptors (Lipinski definition) is 7. The molecule has 3 atom stereocenters. The number of phenolic OH excluding ortho intramolecular Hbond substituents is 1. The van der Waals surface area contributed by atoms with Gasteiger partial charge in [-0.25, -0.2) is 4.79 Å². The zero-order valence-electron chi connectivity index (χ0n) is 17.2. The molecule has 0 fully saturated rings. The highest BCUT2D eigenvalue weighted by atomic mass is 32.2. The SMILES string of the molecule is CSCCC(NC(=O)C(N)CCCCN)C(=O)NC(Cc1ccc(O)cc1)C(=O)O. The number of carboxylic acid groups (broad SMARTS) is 1. The topological polar surface area (TPSA) is 168 Å². The van der Waals surface area contributed by atoms with Gasteiger partial charge in [0, 0.05) is 6.42 Å². The Morgan fingerprint density at radius 1 is 1.03 bits per heavy atom. The van der Waals surface area contributed by atoms with Gasteiger partial charge in [0.25, 0.3) is 0 Å². The molecule has 0 radical (unpaired) electrons. The fourth-order valence-electron chi connectivity index (χ4n) is 2.76. The molecule has 10 heteroatoms. The number of carboxylic acids is 1. The number of unbranched alkanes of at least 4 members (excludes halogenated alkanes) is 1. The summed E-state index contributed by atoms with van der Waals surface area (Å²) >= 11 is 1.51. The van der Waals surface area contributed by atoms with E-state index in [0.29, 0.717) is 37.1 Å². The van der Waals surface area contributed by atoms with E-state index in [1.165, 1.54) is 23.9 Å². The number of phenols is 1. The van der Waals surface area contributed by atoms with E-state index < -0.39 is 35.9 Å². The van der Waals surface area contributed by atoms with Crippen molar-refractivity contribution < 1.29 is 24.6 Å². The van der Waals surface area contributed by atoms with Crippen LogP contribution >= 0.6 is 11.8 Å². The van der Waals surface area contributed by atoms with E-state index in [9.17, 15) is 24.6 Å². The van der Waals surface area contributed by atoms with Crippen LogP contribution in [0.5, 0.6) is 5.75 Å². The van der Waals surface area contributed by atoms with Crippen molar-refractivity contribution in [2.24, 2.45) is 11.5 Å². The minimum Gasteiger partial charge on any atom is -0.508 e. The van der Waals surface area contributed by atoms with Crippen LogP contribution in [-0.4, -0.2) is 64.7 Å². The lowest BCUT2D eigenvalue weighted by molar-refractivity contribution is -0.142. The van der Waals surface area contributed by atoms with Crippen molar-refractivity contribution in [3.8, 4) is 5.75 Å². The third-order valence-electron chi connectivity index (χ3n) is 4.54. The van der Waals surface area contributed by atoms with E-state index in [4.69, 9.17) is 11.5 Å². The van der Waals surface area contributed by atoms with Crippen LogP contribution < -0.4 is 22.1 Å². The summed E-state index contributed by atoms with van der Waals surface area (Å²) in [5, 5.41) is 24.0. The maximum atomic E-state index is 12.7. The van der Waals surface area contributed by atoms with Gasteiger partial charge in [-0.1, -0.05) is 18.6 Å². The van der Waals surface area contributed by atoms with Crippen LogP contribution in [-0.2, 0) is 20.8 Å². The predicted molar refractivity (Wildman–Crippen MR) is 117 cm³/mol. The van der Waals surface area contributed by atoms with Gasteiger partial charge in [0.15, 0.2) is 0 Å². The largest absolute Gasteiger partial charge is 0.508 e. The van der Waals surface area contributed by atoms with Gasteiger partial charge < -0.3 is 32.3 Å². The predicted octanol–water partition coefficient (Wildman–Crippen LogP) is 0.198. The lowest BCUT2D eigenvalue weighted by atomic mass is 10.0. The normalized spacial score (nSPS) is 13.8. The number of amides is 2. The number of rotatable bonds is 14. The molecule has 1 rings (SSSR count). The van der Waals surface area contributed by atoms with E-state index in [0.717, 1.165) is 6.42 Å². The minimum atomic E-state index is -1.19. The maximum absolute atomic E-state index is 12.7. The van der Waals surface area contributed by atoms with Crippen LogP contribution in [0.3, 0.4) is 0 Å². The number of benzene rings is 1. The van der Waals surface area contributed by atoms with E-state index in [1.54, 1.807) is 12.1 Å².